The van der Waals surface area contributed by atoms with E-state index in [1.165, 1.54) is 5.56 Å². The Labute approximate surface area is 181 Å². The fourth-order valence-corrected chi connectivity index (χ4v) is 3.83. The zero-order chi connectivity index (χ0) is 22.0. The van der Waals surface area contributed by atoms with Crippen LogP contribution in [0.5, 0.6) is 5.75 Å². The fraction of sp³-hybridized carbons (Fsp3) is 0.280. The van der Waals surface area contributed by atoms with Crippen molar-refractivity contribution in [2.75, 3.05) is 13.7 Å². The van der Waals surface area contributed by atoms with Crippen molar-refractivity contribution in [1.29, 1.82) is 0 Å². The summed E-state index contributed by atoms with van der Waals surface area (Å²) in [6.07, 6.45) is 0.764. The van der Waals surface area contributed by atoms with E-state index in [1.807, 2.05) is 28.8 Å². The molecule has 2 N–H and O–H groups in total. The Balaban J connectivity index is 1.87. The van der Waals surface area contributed by atoms with Crippen LogP contribution in [0.15, 0.2) is 60.8 Å². The summed E-state index contributed by atoms with van der Waals surface area (Å²) in [6, 6.07) is 17.4. The van der Waals surface area contributed by atoms with Gasteiger partial charge in [0.1, 0.15) is 23.2 Å². The molecule has 2 heterocycles. The Bertz CT molecular complexity index is 1170. The van der Waals surface area contributed by atoms with Crippen molar-refractivity contribution in [2.45, 2.75) is 32.4 Å². The average Bonchev–Trinajstić information content (AvgIpc) is 3.17. The van der Waals surface area contributed by atoms with Gasteiger partial charge in [0.2, 0.25) is 0 Å². The van der Waals surface area contributed by atoms with Gasteiger partial charge in [-0.1, -0.05) is 44.2 Å². The summed E-state index contributed by atoms with van der Waals surface area (Å²) in [4.78, 5) is 9.12. The normalized spacial score (nSPS) is 12.5. The molecular formula is C25H27N3O3. The van der Waals surface area contributed by atoms with E-state index in [4.69, 9.17) is 9.72 Å². The molecule has 160 valence electrons. The van der Waals surface area contributed by atoms with Crippen molar-refractivity contribution in [3.8, 4) is 17.1 Å². The molecule has 0 radical (unpaired) electrons. The summed E-state index contributed by atoms with van der Waals surface area (Å²) in [5.74, 6) is 1.79. The average molecular weight is 418 g/mol. The van der Waals surface area contributed by atoms with Crippen LogP contribution in [0.2, 0.25) is 0 Å². The Kier molecular flexibility index (Phi) is 6.02. The Morgan fingerprint density at radius 1 is 1.03 bits per heavy atom. The SMILES string of the molecule is COc1cc(C(O)c2ccccn2)cc2nc(-c3ccc(C(C)C)cc3)n(CCO)c12. The Morgan fingerprint density at radius 2 is 1.81 bits per heavy atom. The number of nitrogens with zero attached hydrogens (tertiary/aromatic N) is 3. The number of ether oxygens (including phenoxy) is 1. The second-order valence-electron chi connectivity index (χ2n) is 7.84. The van der Waals surface area contributed by atoms with Crippen LogP contribution in [0.4, 0.5) is 0 Å². The highest BCUT2D eigenvalue weighted by Crippen LogP contribution is 2.35. The number of pyridine rings is 1. The van der Waals surface area contributed by atoms with Crippen LogP contribution in [0.3, 0.4) is 0 Å². The first-order valence-corrected chi connectivity index (χ1v) is 10.4. The molecule has 31 heavy (non-hydrogen) atoms. The summed E-state index contributed by atoms with van der Waals surface area (Å²) in [5, 5.41) is 20.6. The molecule has 0 saturated heterocycles. The van der Waals surface area contributed by atoms with Crippen LogP contribution in [-0.4, -0.2) is 38.5 Å². The Morgan fingerprint density at radius 3 is 2.42 bits per heavy atom. The number of hydrogen-bond acceptors (Lipinski definition) is 5. The van der Waals surface area contributed by atoms with Gasteiger partial charge in [-0.15, -0.1) is 0 Å². The molecule has 0 amide bonds. The van der Waals surface area contributed by atoms with Gasteiger partial charge in [-0.25, -0.2) is 4.98 Å². The smallest absolute Gasteiger partial charge is 0.145 e. The molecule has 0 aliphatic heterocycles. The minimum absolute atomic E-state index is 0.0238. The molecule has 4 rings (SSSR count). The van der Waals surface area contributed by atoms with Crippen LogP contribution < -0.4 is 4.74 Å². The van der Waals surface area contributed by atoms with Gasteiger partial charge in [0.15, 0.2) is 0 Å². The largest absolute Gasteiger partial charge is 0.494 e. The van der Waals surface area contributed by atoms with Crippen molar-refractivity contribution in [3.63, 3.8) is 0 Å². The summed E-state index contributed by atoms with van der Waals surface area (Å²) in [6.45, 7) is 4.69. The quantitative estimate of drug-likeness (QED) is 0.469. The number of hydrogen-bond donors (Lipinski definition) is 2. The summed E-state index contributed by atoms with van der Waals surface area (Å²) >= 11 is 0. The number of aliphatic hydroxyl groups excluding tert-OH is 2. The molecule has 0 aliphatic rings. The lowest BCUT2D eigenvalue weighted by Crippen LogP contribution is -2.06. The third-order valence-electron chi connectivity index (χ3n) is 5.49. The monoisotopic (exact) mass is 417 g/mol. The lowest BCUT2D eigenvalue weighted by atomic mass is 10.0. The molecule has 6 heteroatoms. The minimum Gasteiger partial charge on any atom is -0.494 e. The van der Waals surface area contributed by atoms with Crippen molar-refractivity contribution in [1.82, 2.24) is 14.5 Å². The van der Waals surface area contributed by atoms with Crippen LogP contribution in [-0.2, 0) is 6.54 Å². The van der Waals surface area contributed by atoms with E-state index in [0.717, 1.165) is 16.9 Å². The second-order valence-corrected chi connectivity index (χ2v) is 7.84. The van der Waals surface area contributed by atoms with E-state index < -0.39 is 6.10 Å². The van der Waals surface area contributed by atoms with Gasteiger partial charge < -0.3 is 19.5 Å². The topological polar surface area (TPSA) is 80.4 Å². The third-order valence-corrected chi connectivity index (χ3v) is 5.49. The fourth-order valence-electron chi connectivity index (χ4n) is 3.83. The van der Waals surface area contributed by atoms with Crippen molar-refractivity contribution < 1.29 is 14.9 Å². The van der Waals surface area contributed by atoms with Gasteiger partial charge in [0.05, 0.1) is 24.9 Å². The highest BCUT2D eigenvalue weighted by molar-refractivity contribution is 5.87. The van der Waals surface area contributed by atoms with E-state index in [9.17, 15) is 10.2 Å². The zero-order valence-electron chi connectivity index (χ0n) is 18.0. The van der Waals surface area contributed by atoms with Crippen molar-refractivity contribution >= 4 is 11.0 Å². The van der Waals surface area contributed by atoms with Crippen LogP contribution in [0, 0.1) is 0 Å². The van der Waals surface area contributed by atoms with Gasteiger partial charge in [0, 0.05) is 18.3 Å². The van der Waals surface area contributed by atoms with E-state index in [0.29, 0.717) is 35.0 Å². The molecule has 2 aromatic heterocycles. The molecule has 0 fully saturated rings. The highest BCUT2D eigenvalue weighted by Gasteiger charge is 2.21. The van der Waals surface area contributed by atoms with E-state index in [-0.39, 0.29) is 6.61 Å². The molecule has 1 unspecified atom stereocenters. The van der Waals surface area contributed by atoms with Crippen LogP contribution in [0.1, 0.15) is 42.7 Å². The van der Waals surface area contributed by atoms with E-state index in [2.05, 4.69) is 43.1 Å². The molecule has 4 aromatic rings. The molecule has 0 saturated carbocycles. The maximum absolute atomic E-state index is 10.9. The molecule has 1 atom stereocenters. The lowest BCUT2D eigenvalue weighted by molar-refractivity contribution is 0.215. The van der Waals surface area contributed by atoms with Crippen molar-refractivity contribution in [2.24, 2.45) is 0 Å². The first kappa shape index (κ1) is 21.0. The van der Waals surface area contributed by atoms with Crippen LogP contribution in [0.25, 0.3) is 22.4 Å². The molecular weight excluding hydrogens is 390 g/mol. The molecule has 0 spiro atoms. The number of aromatic nitrogens is 3. The van der Waals surface area contributed by atoms with Gasteiger partial charge in [-0.05, 0) is 41.3 Å². The summed E-state index contributed by atoms with van der Waals surface area (Å²) in [5.41, 5.74) is 4.91. The van der Waals surface area contributed by atoms with Crippen molar-refractivity contribution in [3.05, 3.63) is 77.6 Å². The standard InChI is InChI=1S/C25H27N3O3/c1-16(2)17-7-9-18(10-8-17)25-27-21-14-19(24(30)20-6-4-5-11-26-20)15-22(31-3)23(21)28(25)12-13-29/h4-11,14-16,24,29-30H,12-13H2,1-3H3. The Hall–Kier alpha value is -3.22. The molecule has 6 nitrogen and oxygen atoms in total. The number of benzene rings is 2. The van der Waals surface area contributed by atoms with Crippen LogP contribution >= 0.6 is 0 Å². The number of imidazole rings is 1. The molecule has 0 bridgehead atoms. The van der Waals surface area contributed by atoms with E-state index in [1.54, 1.807) is 19.4 Å². The third kappa shape index (κ3) is 4.04. The molecule has 2 aromatic carbocycles. The number of methoxy groups -OCH3 is 1. The van der Waals surface area contributed by atoms with Gasteiger partial charge >= 0.3 is 0 Å². The maximum atomic E-state index is 10.9. The first-order chi connectivity index (χ1) is 15.0. The van der Waals surface area contributed by atoms with Gasteiger partial charge in [-0.2, -0.15) is 0 Å². The first-order valence-electron chi connectivity index (χ1n) is 10.4. The van der Waals surface area contributed by atoms with Gasteiger partial charge in [0.25, 0.3) is 0 Å². The predicted octanol–water partition coefficient (Wildman–Crippen LogP) is 4.30. The van der Waals surface area contributed by atoms with E-state index >= 15 is 0 Å². The number of rotatable bonds is 7. The number of aliphatic hydroxyl groups is 2. The predicted molar refractivity (Wildman–Crippen MR) is 121 cm³/mol. The second kappa shape index (κ2) is 8.88. The molecule has 0 aliphatic carbocycles. The summed E-state index contributed by atoms with van der Waals surface area (Å²) < 4.78 is 7.63. The highest BCUT2D eigenvalue weighted by atomic mass is 16.5. The van der Waals surface area contributed by atoms with Gasteiger partial charge in [-0.3, -0.25) is 4.98 Å². The lowest BCUT2D eigenvalue weighted by Gasteiger charge is -2.14. The number of fused-ring (bicyclic) bond motifs is 1. The summed E-state index contributed by atoms with van der Waals surface area (Å²) in [7, 11) is 1.60. The minimum atomic E-state index is -0.892. The maximum Gasteiger partial charge on any atom is 0.145 e. The zero-order valence-corrected chi connectivity index (χ0v) is 18.0.